The van der Waals surface area contributed by atoms with Gasteiger partial charge in [0.1, 0.15) is 12.2 Å². The lowest BCUT2D eigenvalue weighted by molar-refractivity contribution is -0.194. The molecule has 0 spiro atoms. The smallest absolute Gasteiger partial charge is 0.333 e. The number of hydrogen-bond acceptors (Lipinski definition) is 5. The number of fused-ring (bicyclic) bond motifs is 3. The highest BCUT2D eigenvalue weighted by Gasteiger charge is 2.52. The van der Waals surface area contributed by atoms with E-state index in [1.807, 2.05) is 79.7 Å². The normalized spacial score (nSPS) is 21.7. The highest BCUT2D eigenvalue weighted by molar-refractivity contribution is 5.92. The van der Waals surface area contributed by atoms with Gasteiger partial charge in [0.2, 0.25) is 11.8 Å². The van der Waals surface area contributed by atoms with Gasteiger partial charge in [0.05, 0.1) is 18.1 Å². The molecule has 6 rings (SSSR count). The molecule has 3 aromatic carbocycles. The van der Waals surface area contributed by atoms with Crippen molar-refractivity contribution in [2.24, 2.45) is 0 Å². The number of likely N-dealkylation sites (N-methyl/N-ethyl adjacent to an activating group) is 1. The fourth-order valence-corrected chi connectivity index (χ4v) is 6.10. The van der Waals surface area contributed by atoms with E-state index in [2.05, 4.69) is 10.3 Å². The van der Waals surface area contributed by atoms with Gasteiger partial charge in [0, 0.05) is 31.7 Å². The fraction of sp³-hybridized carbons (Fsp3) is 0.290. The molecule has 0 radical (unpaired) electrons. The van der Waals surface area contributed by atoms with Gasteiger partial charge in [-0.25, -0.2) is 14.8 Å². The van der Waals surface area contributed by atoms with Crippen molar-refractivity contribution in [3.63, 3.8) is 0 Å². The lowest BCUT2D eigenvalue weighted by Crippen LogP contribution is -2.77. The van der Waals surface area contributed by atoms with Crippen LogP contribution in [0, 0.1) is 0 Å². The maximum Gasteiger partial charge on any atom is 0.334 e. The number of carbonyl (C=O) groups is 3. The summed E-state index contributed by atoms with van der Waals surface area (Å²) in [6, 6.07) is 22.4. The Hall–Kier alpha value is -4.50. The molecular weight excluding hydrogens is 504 g/mol. The number of amides is 4. The quantitative estimate of drug-likeness (QED) is 0.429. The van der Waals surface area contributed by atoms with Gasteiger partial charge in [-0.2, -0.15) is 0 Å². The molecule has 9 heteroatoms. The molecule has 1 N–H and O–H groups in total. The van der Waals surface area contributed by atoms with Gasteiger partial charge >= 0.3 is 6.03 Å². The summed E-state index contributed by atoms with van der Waals surface area (Å²) in [5.74, 6) is -0.324. The van der Waals surface area contributed by atoms with Crippen LogP contribution in [0.4, 0.5) is 4.79 Å². The van der Waals surface area contributed by atoms with Gasteiger partial charge in [-0.05, 0) is 41.8 Å². The van der Waals surface area contributed by atoms with Gasteiger partial charge in [-0.15, -0.1) is 0 Å². The van der Waals surface area contributed by atoms with Crippen molar-refractivity contribution in [1.82, 2.24) is 30.1 Å². The number of piperazine rings is 1. The lowest BCUT2D eigenvalue weighted by Gasteiger charge is -2.56. The molecule has 9 nitrogen and oxygen atoms in total. The molecule has 2 saturated heterocycles. The first kappa shape index (κ1) is 25.8. The standard InChI is InChI=1S/C31H32N6O3/c1-20-29-36(21(2)30(39)35(20)18-25-13-7-11-23-14-8-16-32-28(23)25)27(38)19-34(3)37(29)31(40)33-17-24-12-6-10-22-9-4-5-15-26(22)24/h4-16,20-21,29H,17-19H2,1-3H3,(H,33,40)/t20-,21-,29-/m0/s1. The summed E-state index contributed by atoms with van der Waals surface area (Å²) in [6.07, 6.45) is 1.09. The fourth-order valence-electron chi connectivity index (χ4n) is 6.10. The number of nitrogens with one attached hydrogen (secondary N) is 1. The van der Waals surface area contributed by atoms with Gasteiger partial charge in [0.25, 0.3) is 0 Å². The van der Waals surface area contributed by atoms with Crippen LogP contribution in [0.3, 0.4) is 0 Å². The van der Waals surface area contributed by atoms with Crippen LogP contribution in [0.15, 0.2) is 79.0 Å². The Kier molecular flexibility index (Phi) is 6.59. The first-order valence-electron chi connectivity index (χ1n) is 13.5. The van der Waals surface area contributed by atoms with Crippen LogP contribution in [-0.4, -0.2) is 74.5 Å². The highest BCUT2D eigenvalue weighted by Crippen LogP contribution is 2.32. The molecule has 0 unspecified atom stereocenters. The molecule has 40 heavy (non-hydrogen) atoms. The van der Waals surface area contributed by atoms with Crippen molar-refractivity contribution >= 4 is 39.5 Å². The van der Waals surface area contributed by atoms with Crippen LogP contribution >= 0.6 is 0 Å². The molecule has 2 aliphatic rings. The van der Waals surface area contributed by atoms with E-state index in [-0.39, 0.29) is 24.4 Å². The van der Waals surface area contributed by atoms with E-state index in [1.54, 1.807) is 40.0 Å². The monoisotopic (exact) mass is 536 g/mol. The average Bonchev–Trinajstić information content (AvgIpc) is 2.96. The molecule has 2 fully saturated rings. The third-order valence-electron chi connectivity index (χ3n) is 8.11. The second-order valence-corrected chi connectivity index (χ2v) is 10.5. The summed E-state index contributed by atoms with van der Waals surface area (Å²) >= 11 is 0. The van der Waals surface area contributed by atoms with Gasteiger partial charge in [-0.1, -0.05) is 66.7 Å². The van der Waals surface area contributed by atoms with E-state index in [4.69, 9.17) is 0 Å². The number of nitrogens with zero attached hydrogens (tertiary/aromatic N) is 5. The Morgan fingerprint density at radius 2 is 1.62 bits per heavy atom. The van der Waals surface area contributed by atoms with Crippen molar-refractivity contribution in [3.05, 3.63) is 90.1 Å². The SMILES string of the molecule is C[C@H]1[C@H]2N(C(=O)CN(C)N2C(=O)NCc2cccc3ccccc23)[C@@H](C)C(=O)N1Cc1cccc2cccnc12. The predicted octanol–water partition coefficient (Wildman–Crippen LogP) is 3.73. The first-order valence-corrected chi connectivity index (χ1v) is 13.5. The third-order valence-corrected chi connectivity index (χ3v) is 8.11. The summed E-state index contributed by atoms with van der Waals surface area (Å²) in [6.45, 7) is 4.31. The Morgan fingerprint density at radius 3 is 2.45 bits per heavy atom. The van der Waals surface area contributed by atoms with Crippen molar-refractivity contribution in [3.8, 4) is 0 Å². The summed E-state index contributed by atoms with van der Waals surface area (Å²) in [5, 5.41) is 9.49. The van der Waals surface area contributed by atoms with Crippen molar-refractivity contribution in [2.75, 3.05) is 13.6 Å². The number of urea groups is 1. The molecule has 1 aromatic heterocycles. The van der Waals surface area contributed by atoms with E-state index < -0.39 is 18.2 Å². The molecule has 0 saturated carbocycles. The summed E-state index contributed by atoms with van der Waals surface area (Å²) in [5.41, 5.74) is 2.76. The van der Waals surface area contributed by atoms with Gasteiger partial charge in [-0.3, -0.25) is 14.6 Å². The minimum atomic E-state index is -0.710. The molecular formula is C31H32N6O3. The summed E-state index contributed by atoms with van der Waals surface area (Å²) < 4.78 is 0. The number of carbonyl (C=O) groups excluding carboxylic acids is 3. The Morgan fingerprint density at radius 1 is 0.925 bits per heavy atom. The van der Waals surface area contributed by atoms with Gasteiger partial charge in [0.15, 0.2) is 0 Å². The number of pyridine rings is 1. The number of rotatable bonds is 4. The topological polar surface area (TPSA) is 89.1 Å². The zero-order valence-electron chi connectivity index (χ0n) is 22.8. The van der Waals surface area contributed by atoms with Crippen molar-refractivity contribution < 1.29 is 14.4 Å². The minimum Gasteiger partial charge on any atom is -0.333 e. The largest absolute Gasteiger partial charge is 0.334 e. The zero-order chi connectivity index (χ0) is 28.0. The van der Waals surface area contributed by atoms with E-state index in [9.17, 15) is 14.4 Å². The molecule has 4 aromatic rings. The molecule has 2 aliphatic heterocycles. The first-order chi connectivity index (χ1) is 19.3. The third kappa shape index (κ3) is 4.32. The van der Waals surface area contributed by atoms with E-state index in [1.165, 1.54) is 0 Å². The Labute approximate surface area is 232 Å². The Balaban J connectivity index is 1.29. The van der Waals surface area contributed by atoms with Crippen LogP contribution in [0.1, 0.15) is 25.0 Å². The number of hydrazine groups is 1. The van der Waals surface area contributed by atoms with Crippen molar-refractivity contribution in [1.29, 1.82) is 0 Å². The number of para-hydroxylation sites is 1. The molecule has 3 heterocycles. The van der Waals surface area contributed by atoms with E-state index in [0.717, 1.165) is 32.8 Å². The maximum absolute atomic E-state index is 13.8. The Bertz CT molecular complexity index is 1610. The second kappa shape index (κ2) is 10.2. The highest BCUT2D eigenvalue weighted by atomic mass is 16.2. The molecule has 4 amide bonds. The zero-order valence-corrected chi connectivity index (χ0v) is 22.8. The van der Waals surface area contributed by atoms with Crippen LogP contribution in [0.5, 0.6) is 0 Å². The second-order valence-electron chi connectivity index (χ2n) is 10.5. The van der Waals surface area contributed by atoms with E-state index in [0.29, 0.717) is 13.1 Å². The lowest BCUT2D eigenvalue weighted by atomic mass is 10.00. The molecule has 204 valence electrons. The van der Waals surface area contributed by atoms with Crippen LogP contribution in [0.2, 0.25) is 0 Å². The number of benzene rings is 3. The molecule has 0 aliphatic carbocycles. The van der Waals surface area contributed by atoms with Crippen LogP contribution < -0.4 is 5.32 Å². The van der Waals surface area contributed by atoms with Crippen LogP contribution in [0.25, 0.3) is 21.7 Å². The van der Waals surface area contributed by atoms with E-state index >= 15 is 0 Å². The summed E-state index contributed by atoms with van der Waals surface area (Å²) in [7, 11) is 1.74. The molecule has 0 bridgehead atoms. The minimum absolute atomic E-state index is 0.00969. The average molecular weight is 537 g/mol. The van der Waals surface area contributed by atoms with Gasteiger partial charge < -0.3 is 15.1 Å². The van der Waals surface area contributed by atoms with Crippen LogP contribution in [-0.2, 0) is 22.7 Å². The number of hydrogen-bond donors (Lipinski definition) is 1. The van der Waals surface area contributed by atoms with Crippen molar-refractivity contribution in [2.45, 2.75) is 45.2 Å². The summed E-state index contributed by atoms with van der Waals surface area (Å²) in [4.78, 5) is 48.5. The molecule has 3 atom stereocenters. The predicted molar refractivity (Wildman–Crippen MR) is 153 cm³/mol. The maximum atomic E-state index is 13.8. The number of aromatic nitrogens is 1.